The number of phosphoric acid groups is 2. The molecule has 0 saturated heterocycles. The third-order valence-corrected chi connectivity index (χ3v) is 22.6. The summed E-state index contributed by atoms with van der Waals surface area (Å²) in [5, 5.41) is 10.7. The summed E-state index contributed by atoms with van der Waals surface area (Å²) in [6, 6.07) is 0. The lowest BCUT2D eigenvalue weighted by Gasteiger charge is -2.21. The van der Waals surface area contributed by atoms with Gasteiger partial charge in [-0.15, -0.1) is 0 Å². The summed E-state index contributed by atoms with van der Waals surface area (Å²) in [6.45, 7) is 14.4. The number of carbonyl (C=O) groups excluding carboxylic acids is 4. The Hall–Kier alpha value is -1.94. The van der Waals surface area contributed by atoms with Gasteiger partial charge < -0.3 is 33.8 Å². The van der Waals surface area contributed by atoms with Crippen molar-refractivity contribution >= 4 is 39.5 Å². The van der Waals surface area contributed by atoms with E-state index in [9.17, 15) is 43.2 Å². The molecule has 0 bridgehead atoms. The molecular formula is C87H170O17P2. The van der Waals surface area contributed by atoms with E-state index in [0.29, 0.717) is 25.7 Å². The number of phosphoric ester groups is 2. The number of esters is 4. The van der Waals surface area contributed by atoms with E-state index in [2.05, 4.69) is 55.4 Å². The minimum atomic E-state index is -4.97. The van der Waals surface area contributed by atoms with Crippen LogP contribution in [0.1, 0.15) is 453 Å². The largest absolute Gasteiger partial charge is 0.472 e. The minimum absolute atomic E-state index is 0.107. The van der Waals surface area contributed by atoms with Gasteiger partial charge in [0.15, 0.2) is 12.2 Å². The van der Waals surface area contributed by atoms with Gasteiger partial charge in [0.25, 0.3) is 0 Å². The van der Waals surface area contributed by atoms with Gasteiger partial charge in [-0.05, 0) is 49.4 Å². The summed E-state index contributed by atoms with van der Waals surface area (Å²) in [4.78, 5) is 73.3. The van der Waals surface area contributed by atoms with Gasteiger partial charge in [-0.3, -0.25) is 37.3 Å². The molecule has 19 heteroatoms. The molecule has 0 amide bonds. The van der Waals surface area contributed by atoms with Gasteiger partial charge in [-0.25, -0.2) is 9.13 Å². The van der Waals surface area contributed by atoms with Crippen LogP contribution < -0.4 is 0 Å². The molecular weight excluding hydrogens is 1380 g/mol. The highest BCUT2D eigenvalue weighted by molar-refractivity contribution is 7.47. The smallest absolute Gasteiger partial charge is 0.462 e. The van der Waals surface area contributed by atoms with Crippen LogP contribution in [0.25, 0.3) is 0 Å². The molecule has 0 rings (SSSR count). The van der Waals surface area contributed by atoms with Gasteiger partial charge in [0.1, 0.15) is 19.3 Å². The molecule has 630 valence electrons. The molecule has 3 unspecified atom stereocenters. The second kappa shape index (κ2) is 75.7. The molecule has 106 heavy (non-hydrogen) atoms. The van der Waals surface area contributed by atoms with Crippen LogP contribution in [0.4, 0.5) is 0 Å². The quantitative estimate of drug-likeness (QED) is 0.0222. The Kier molecular flexibility index (Phi) is 74.3. The topological polar surface area (TPSA) is 237 Å². The highest BCUT2D eigenvalue weighted by Gasteiger charge is 2.31. The fourth-order valence-electron chi connectivity index (χ4n) is 13.5. The highest BCUT2D eigenvalue weighted by Crippen LogP contribution is 2.45. The first kappa shape index (κ1) is 104. The van der Waals surface area contributed by atoms with Crippen molar-refractivity contribution in [3.05, 3.63) is 0 Å². The van der Waals surface area contributed by atoms with Crippen LogP contribution >= 0.6 is 15.6 Å². The van der Waals surface area contributed by atoms with E-state index in [0.717, 1.165) is 114 Å². The molecule has 0 aliphatic heterocycles. The maximum atomic E-state index is 13.2. The first-order valence-electron chi connectivity index (χ1n) is 44.7. The third-order valence-electron chi connectivity index (χ3n) is 20.7. The lowest BCUT2D eigenvalue weighted by atomic mass is 9.99. The van der Waals surface area contributed by atoms with E-state index in [1.54, 1.807) is 0 Å². The normalized spacial score (nSPS) is 14.2. The third kappa shape index (κ3) is 78.7. The lowest BCUT2D eigenvalue weighted by Crippen LogP contribution is -2.30. The van der Waals surface area contributed by atoms with Crippen molar-refractivity contribution in [3.63, 3.8) is 0 Å². The van der Waals surface area contributed by atoms with Crippen LogP contribution in [0.15, 0.2) is 0 Å². The van der Waals surface area contributed by atoms with Crippen molar-refractivity contribution < 1.29 is 80.2 Å². The van der Waals surface area contributed by atoms with E-state index >= 15 is 0 Å². The summed E-state index contributed by atoms with van der Waals surface area (Å²) in [5.41, 5.74) is 0. The van der Waals surface area contributed by atoms with Crippen LogP contribution in [0.2, 0.25) is 0 Å². The summed E-state index contributed by atoms with van der Waals surface area (Å²) in [5.74, 6) is 1.08. The summed E-state index contributed by atoms with van der Waals surface area (Å²) in [7, 11) is -9.93. The molecule has 0 spiro atoms. The number of carbonyl (C=O) groups is 4. The Bertz CT molecular complexity index is 2060. The van der Waals surface area contributed by atoms with E-state index < -0.39 is 97.5 Å². The van der Waals surface area contributed by atoms with E-state index in [4.69, 9.17) is 37.0 Å². The fourth-order valence-corrected chi connectivity index (χ4v) is 15.0. The molecule has 0 saturated carbocycles. The van der Waals surface area contributed by atoms with Crippen LogP contribution in [-0.4, -0.2) is 96.7 Å². The van der Waals surface area contributed by atoms with Crippen molar-refractivity contribution in [1.29, 1.82) is 0 Å². The predicted molar refractivity (Wildman–Crippen MR) is 437 cm³/mol. The van der Waals surface area contributed by atoms with Crippen LogP contribution in [0.5, 0.6) is 0 Å². The Balaban J connectivity index is 5.27. The van der Waals surface area contributed by atoms with Crippen LogP contribution in [0, 0.1) is 23.7 Å². The Labute approximate surface area is 651 Å². The number of aliphatic hydroxyl groups is 1. The second-order valence-corrected chi connectivity index (χ2v) is 35.9. The molecule has 0 fully saturated rings. The standard InChI is InChI=1S/C87H170O17P2/c1-9-80(8)66-58-50-42-37-38-44-52-60-68-85(90)98-74-83(104-87(92)70-62-54-46-36-30-24-18-17-21-27-33-41-49-57-65-79(6)7)76-102-106(95,96)100-72-81(88)71-99-105(93,94)101-75-82(73-97-84(89)67-59-51-43-34-28-22-16-12-14-20-26-32-40-48-56-64-78(4)5)103-86(91)69-61-53-45-35-29-23-15-11-10-13-19-25-31-39-47-55-63-77(2)3/h77-83,88H,9-76H2,1-8H3,(H,93,94)(H,95,96)/t80?,81-,82-,83-/m1/s1. The Morgan fingerprint density at radius 2 is 0.453 bits per heavy atom. The highest BCUT2D eigenvalue weighted by atomic mass is 31.2. The SMILES string of the molecule is CCC(C)CCCCCCCCCCC(=O)OC[C@H](COP(=O)(O)OC[C@H](O)COP(=O)(O)OC[C@@H](COC(=O)CCCCCCCCCCCCCCCCCC(C)C)OC(=O)CCCCCCCCCCCCCCCCCCC(C)C)OC(=O)CCCCCCCCCCCCCCCCC(C)C. The number of rotatable bonds is 84. The fraction of sp³-hybridized carbons (Fsp3) is 0.954. The average molecular weight is 1550 g/mol. The Morgan fingerprint density at radius 1 is 0.264 bits per heavy atom. The van der Waals surface area contributed by atoms with Crippen molar-refractivity contribution in [2.75, 3.05) is 39.6 Å². The number of hydrogen-bond donors (Lipinski definition) is 3. The molecule has 0 aromatic carbocycles. The predicted octanol–water partition coefficient (Wildman–Crippen LogP) is 26.3. The number of aliphatic hydroxyl groups excluding tert-OH is 1. The molecule has 6 atom stereocenters. The molecule has 0 aromatic rings. The zero-order valence-corrected chi connectivity index (χ0v) is 71.9. The van der Waals surface area contributed by atoms with Gasteiger partial charge >= 0.3 is 39.5 Å². The minimum Gasteiger partial charge on any atom is -0.462 e. The number of ether oxygens (including phenoxy) is 4. The Morgan fingerprint density at radius 3 is 0.670 bits per heavy atom. The van der Waals surface area contributed by atoms with E-state index in [1.165, 1.54) is 257 Å². The molecule has 0 radical (unpaired) electrons. The number of hydrogen-bond acceptors (Lipinski definition) is 15. The first-order valence-corrected chi connectivity index (χ1v) is 47.7. The molecule has 0 aromatic heterocycles. The van der Waals surface area contributed by atoms with Crippen molar-refractivity contribution in [3.8, 4) is 0 Å². The van der Waals surface area contributed by atoms with Crippen molar-refractivity contribution in [1.82, 2.24) is 0 Å². The average Bonchev–Trinajstić information content (AvgIpc) is 0.903. The lowest BCUT2D eigenvalue weighted by molar-refractivity contribution is -0.161. The van der Waals surface area contributed by atoms with Gasteiger partial charge in [0.2, 0.25) is 0 Å². The van der Waals surface area contributed by atoms with Gasteiger partial charge in [-0.2, -0.15) is 0 Å². The summed E-state index contributed by atoms with van der Waals surface area (Å²) < 4.78 is 69.0. The zero-order chi connectivity index (χ0) is 78.1. The van der Waals surface area contributed by atoms with E-state index in [-0.39, 0.29) is 25.7 Å². The van der Waals surface area contributed by atoms with E-state index in [1.807, 2.05) is 0 Å². The monoisotopic (exact) mass is 1550 g/mol. The van der Waals surface area contributed by atoms with Gasteiger partial charge in [0, 0.05) is 25.7 Å². The molecule has 17 nitrogen and oxygen atoms in total. The maximum Gasteiger partial charge on any atom is 0.472 e. The van der Waals surface area contributed by atoms with Gasteiger partial charge in [-0.1, -0.05) is 402 Å². The van der Waals surface area contributed by atoms with Gasteiger partial charge in [0.05, 0.1) is 26.4 Å². The van der Waals surface area contributed by atoms with Crippen molar-refractivity contribution in [2.24, 2.45) is 23.7 Å². The van der Waals surface area contributed by atoms with Crippen LogP contribution in [0.3, 0.4) is 0 Å². The molecule has 3 N–H and O–H groups in total. The van der Waals surface area contributed by atoms with Crippen molar-refractivity contribution in [2.45, 2.75) is 472 Å². The second-order valence-electron chi connectivity index (χ2n) is 33.0. The molecule has 0 aliphatic rings. The van der Waals surface area contributed by atoms with Crippen LogP contribution in [-0.2, 0) is 65.4 Å². The molecule has 0 heterocycles. The summed E-state index contributed by atoms with van der Waals surface area (Å²) in [6.07, 6.45) is 65.1. The number of unbranched alkanes of at least 4 members (excludes halogenated alkanes) is 49. The summed E-state index contributed by atoms with van der Waals surface area (Å²) >= 11 is 0. The maximum absolute atomic E-state index is 13.2. The molecule has 0 aliphatic carbocycles. The first-order chi connectivity index (χ1) is 51.1. The zero-order valence-electron chi connectivity index (χ0n) is 70.1.